The molecule has 2 aromatic rings. The van der Waals surface area contributed by atoms with E-state index in [1.807, 2.05) is 6.92 Å². The standard InChI is InChI=1S/C20H21Cl3N2O3/c1-3-24-20(27)13(2)25(11-14-15(21)8-6-9-16(14)22)19(26)12-28-18-10-5-4-7-17(18)23/h4-10,13H,3,11-12H2,1-2H3,(H,24,27)/t13-/m1/s1. The Morgan fingerprint density at radius 2 is 1.64 bits per heavy atom. The summed E-state index contributed by atoms with van der Waals surface area (Å²) < 4.78 is 5.55. The van der Waals surface area contributed by atoms with E-state index in [0.29, 0.717) is 32.9 Å². The van der Waals surface area contributed by atoms with E-state index in [-0.39, 0.29) is 19.1 Å². The minimum absolute atomic E-state index is 0.0710. The number of benzene rings is 2. The fourth-order valence-corrected chi connectivity index (χ4v) is 3.25. The Morgan fingerprint density at radius 1 is 1.04 bits per heavy atom. The minimum atomic E-state index is -0.741. The molecule has 2 amide bonds. The molecule has 0 fully saturated rings. The Kier molecular flexibility index (Phi) is 8.42. The smallest absolute Gasteiger partial charge is 0.261 e. The summed E-state index contributed by atoms with van der Waals surface area (Å²) in [5.41, 5.74) is 0.563. The second-order valence-electron chi connectivity index (χ2n) is 6.01. The maximum Gasteiger partial charge on any atom is 0.261 e. The van der Waals surface area contributed by atoms with Crippen LogP contribution in [0.2, 0.25) is 15.1 Å². The molecule has 28 heavy (non-hydrogen) atoms. The largest absolute Gasteiger partial charge is 0.482 e. The quantitative estimate of drug-likeness (QED) is 0.650. The Labute approximate surface area is 179 Å². The van der Waals surface area contributed by atoms with Gasteiger partial charge in [-0.2, -0.15) is 0 Å². The predicted octanol–water partition coefficient (Wildman–Crippen LogP) is 4.58. The molecule has 1 atom stereocenters. The molecule has 2 rings (SSSR count). The fourth-order valence-electron chi connectivity index (χ4n) is 2.54. The Morgan fingerprint density at radius 3 is 2.25 bits per heavy atom. The van der Waals surface area contributed by atoms with Crippen molar-refractivity contribution in [1.82, 2.24) is 10.2 Å². The zero-order valence-corrected chi connectivity index (χ0v) is 17.8. The molecule has 0 aliphatic carbocycles. The molecular weight excluding hydrogens is 423 g/mol. The number of likely N-dealkylation sites (N-methyl/N-ethyl adjacent to an activating group) is 1. The van der Waals surface area contributed by atoms with Crippen LogP contribution in [-0.4, -0.2) is 35.9 Å². The van der Waals surface area contributed by atoms with E-state index in [0.717, 1.165) is 0 Å². The Bertz CT molecular complexity index is 825. The van der Waals surface area contributed by atoms with Crippen LogP contribution < -0.4 is 10.1 Å². The van der Waals surface area contributed by atoms with Crippen LogP contribution in [0.5, 0.6) is 5.75 Å². The van der Waals surface area contributed by atoms with E-state index in [9.17, 15) is 9.59 Å². The number of amides is 2. The number of carbonyl (C=O) groups excluding carboxylic acids is 2. The molecule has 0 saturated heterocycles. The first kappa shape index (κ1) is 22.3. The molecule has 2 aromatic carbocycles. The summed E-state index contributed by atoms with van der Waals surface area (Å²) >= 11 is 18.6. The van der Waals surface area contributed by atoms with Gasteiger partial charge in [0.25, 0.3) is 5.91 Å². The van der Waals surface area contributed by atoms with Crippen molar-refractivity contribution in [2.24, 2.45) is 0 Å². The van der Waals surface area contributed by atoms with Gasteiger partial charge in [0.1, 0.15) is 11.8 Å². The predicted molar refractivity (Wildman–Crippen MR) is 112 cm³/mol. The van der Waals surface area contributed by atoms with Crippen molar-refractivity contribution in [3.8, 4) is 5.75 Å². The molecule has 0 aliphatic rings. The Hall–Kier alpha value is -1.95. The van der Waals surface area contributed by atoms with Crippen LogP contribution in [0.3, 0.4) is 0 Å². The van der Waals surface area contributed by atoms with Crippen LogP contribution in [0.25, 0.3) is 0 Å². The van der Waals surface area contributed by atoms with Crippen LogP contribution in [-0.2, 0) is 16.1 Å². The lowest BCUT2D eigenvalue weighted by Gasteiger charge is -2.29. The third-order valence-corrected chi connectivity index (χ3v) is 5.12. The van der Waals surface area contributed by atoms with Gasteiger partial charge in [0, 0.05) is 28.7 Å². The van der Waals surface area contributed by atoms with E-state index in [1.54, 1.807) is 49.4 Å². The number of nitrogens with one attached hydrogen (secondary N) is 1. The molecule has 0 radical (unpaired) electrons. The van der Waals surface area contributed by atoms with Crippen molar-refractivity contribution in [3.05, 3.63) is 63.1 Å². The van der Waals surface area contributed by atoms with Gasteiger partial charge in [-0.3, -0.25) is 9.59 Å². The van der Waals surface area contributed by atoms with Crippen LogP contribution in [0, 0.1) is 0 Å². The van der Waals surface area contributed by atoms with Crippen molar-refractivity contribution in [2.75, 3.05) is 13.2 Å². The third-order valence-electron chi connectivity index (χ3n) is 4.10. The van der Waals surface area contributed by atoms with Crippen LogP contribution >= 0.6 is 34.8 Å². The zero-order chi connectivity index (χ0) is 20.7. The fraction of sp³-hybridized carbons (Fsp3) is 0.300. The van der Waals surface area contributed by atoms with Crippen molar-refractivity contribution in [3.63, 3.8) is 0 Å². The minimum Gasteiger partial charge on any atom is -0.482 e. The highest BCUT2D eigenvalue weighted by Gasteiger charge is 2.27. The van der Waals surface area contributed by atoms with E-state index < -0.39 is 11.9 Å². The lowest BCUT2D eigenvalue weighted by molar-refractivity contribution is -0.142. The van der Waals surface area contributed by atoms with Crippen LogP contribution in [0.1, 0.15) is 19.4 Å². The average Bonchev–Trinajstić information content (AvgIpc) is 2.66. The molecule has 0 spiro atoms. The number of ether oxygens (including phenoxy) is 1. The molecule has 0 bridgehead atoms. The van der Waals surface area contributed by atoms with Gasteiger partial charge in [-0.15, -0.1) is 0 Å². The molecule has 5 nitrogen and oxygen atoms in total. The summed E-state index contributed by atoms with van der Waals surface area (Å²) in [4.78, 5) is 26.6. The van der Waals surface area contributed by atoms with Gasteiger partial charge in [-0.25, -0.2) is 0 Å². The SMILES string of the molecule is CCNC(=O)[C@@H](C)N(Cc1c(Cl)cccc1Cl)C(=O)COc1ccccc1Cl. The van der Waals surface area contributed by atoms with Crippen molar-refractivity contribution in [1.29, 1.82) is 0 Å². The van der Waals surface area contributed by atoms with Gasteiger partial charge >= 0.3 is 0 Å². The lowest BCUT2D eigenvalue weighted by Crippen LogP contribution is -2.49. The normalized spacial score (nSPS) is 11.6. The number of carbonyl (C=O) groups is 2. The highest BCUT2D eigenvalue weighted by molar-refractivity contribution is 6.36. The number of hydrogen-bond acceptors (Lipinski definition) is 3. The number of hydrogen-bond donors (Lipinski definition) is 1. The summed E-state index contributed by atoms with van der Waals surface area (Å²) in [6.07, 6.45) is 0. The van der Waals surface area contributed by atoms with E-state index in [1.165, 1.54) is 4.90 Å². The van der Waals surface area contributed by atoms with Gasteiger partial charge < -0.3 is 15.0 Å². The maximum absolute atomic E-state index is 12.9. The molecule has 0 aromatic heterocycles. The van der Waals surface area contributed by atoms with Crippen molar-refractivity contribution < 1.29 is 14.3 Å². The molecule has 0 heterocycles. The van der Waals surface area contributed by atoms with Gasteiger partial charge in [0.05, 0.1) is 5.02 Å². The van der Waals surface area contributed by atoms with Gasteiger partial charge in [0.15, 0.2) is 6.61 Å². The molecule has 8 heteroatoms. The second-order valence-corrected chi connectivity index (χ2v) is 7.23. The third kappa shape index (κ3) is 5.77. The Balaban J connectivity index is 2.23. The number of rotatable bonds is 8. The summed E-state index contributed by atoms with van der Waals surface area (Å²) in [5.74, 6) is -0.287. The topological polar surface area (TPSA) is 58.6 Å². The number of halogens is 3. The molecule has 0 aliphatic heterocycles. The summed E-state index contributed by atoms with van der Waals surface area (Å²) in [7, 11) is 0. The summed E-state index contributed by atoms with van der Waals surface area (Å²) in [6, 6.07) is 11.2. The van der Waals surface area contributed by atoms with E-state index in [2.05, 4.69) is 5.32 Å². The average molecular weight is 444 g/mol. The lowest BCUT2D eigenvalue weighted by atomic mass is 10.1. The van der Waals surface area contributed by atoms with Gasteiger partial charge in [-0.05, 0) is 38.1 Å². The first-order valence-corrected chi connectivity index (χ1v) is 9.86. The highest BCUT2D eigenvalue weighted by Crippen LogP contribution is 2.27. The van der Waals surface area contributed by atoms with Gasteiger partial charge in [0.2, 0.25) is 5.91 Å². The van der Waals surface area contributed by atoms with Crippen molar-refractivity contribution >= 4 is 46.6 Å². The zero-order valence-electron chi connectivity index (χ0n) is 15.5. The van der Waals surface area contributed by atoms with Crippen LogP contribution in [0.4, 0.5) is 0 Å². The van der Waals surface area contributed by atoms with Crippen molar-refractivity contribution in [2.45, 2.75) is 26.4 Å². The molecule has 150 valence electrons. The second kappa shape index (κ2) is 10.6. The first-order valence-electron chi connectivity index (χ1n) is 8.72. The molecular formula is C20H21Cl3N2O3. The highest BCUT2D eigenvalue weighted by atomic mass is 35.5. The van der Waals surface area contributed by atoms with E-state index in [4.69, 9.17) is 39.5 Å². The first-order chi connectivity index (χ1) is 13.3. The molecule has 0 saturated carbocycles. The molecule has 0 unspecified atom stereocenters. The summed E-state index contributed by atoms with van der Waals surface area (Å²) in [6.45, 7) is 3.69. The maximum atomic E-state index is 12.9. The monoisotopic (exact) mass is 442 g/mol. The van der Waals surface area contributed by atoms with E-state index >= 15 is 0 Å². The van der Waals surface area contributed by atoms with Crippen LogP contribution in [0.15, 0.2) is 42.5 Å². The summed E-state index contributed by atoms with van der Waals surface area (Å²) in [5, 5.41) is 3.95. The number of nitrogens with zero attached hydrogens (tertiary/aromatic N) is 1. The number of para-hydroxylation sites is 1. The van der Waals surface area contributed by atoms with Gasteiger partial charge in [-0.1, -0.05) is 53.0 Å². The molecule has 1 N–H and O–H groups in total.